The molecule has 1 aliphatic rings. The standard InChI is InChI=1S/C27H32FN5O4/c1-15(2)10-20(25(29)34)30-26-23(28)19-14-33(13-16-6-7-18(36-4)11-21(16)37-5)27(35)22(19)24(31-26)17-8-9-32(3)12-17/h6-9,11-12,15,20H,10,13-14H2,1-5H3,(H2,29,34)(H,30,31)/t20-/m1/s1. The van der Waals surface area contributed by atoms with Gasteiger partial charge in [0.15, 0.2) is 11.6 Å². The lowest BCUT2D eigenvalue weighted by molar-refractivity contribution is -0.119. The number of nitrogens with one attached hydrogen (secondary N) is 1. The van der Waals surface area contributed by atoms with E-state index in [1.807, 2.05) is 50.0 Å². The van der Waals surface area contributed by atoms with E-state index in [2.05, 4.69) is 10.3 Å². The summed E-state index contributed by atoms with van der Waals surface area (Å²) >= 11 is 0. The van der Waals surface area contributed by atoms with E-state index in [0.717, 1.165) is 5.56 Å². The van der Waals surface area contributed by atoms with Gasteiger partial charge in [0.05, 0.1) is 32.0 Å². The second-order valence-corrected chi connectivity index (χ2v) is 9.61. The van der Waals surface area contributed by atoms with Gasteiger partial charge in [-0.25, -0.2) is 9.37 Å². The molecular weight excluding hydrogens is 477 g/mol. The maximum atomic E-state index is 15.9. The Morgan fingerprint density at radius 1 is 1.24 bits per heavy atom. The van der Waals surface area contributed by atoms with Crippen LogP contribution < -0.4 is 20.5 Å². The molecular formula is C27H32FN5O4. The monoisotopic (exact) mass is 509 g/mol. The van der Waals surface area contributed by atoms with Crippen molar-refractivity contribution >= 4 is 17.6 Å². The van der Waals surface area contributed by atoms with Crippen LogP contribution in [0.4, 0.5) is 10.2 Å². The van der Waals surface area contributed by atoms with E-state index in [-0.39, 0.29) is 41.9 Å². The number of primary amides is 1. The zero-order valence-corrected chi connectivity index (χ0v) is 21.7. The normalized spacial score (nSPS) is 13.6. The SMILES string of the molecule is COc1ccc(CN2Cc3c(F)c(N[C@H](CC(C)C)C(N)=O)nc(-c4ccn(C)c4)c3C2=O)c(OC)c1. The van der Waals surface area contributed by atoms with Crippen LogP contribution in [0.25, 0.3) is 11.3 Å². The molecule has 3 heterocycles. The number of hydrogen-bond donors (Lipinski definition) is 2. The third-order valence-electron chi connectivity index (χ3n) is 6.41. The molecule has 4 rings (SSSR count). The van der Waals surface area contributed by atoms with Gasteiger partial charge in [0, 0.05) is 48.7 Å². The van der Waals surface area contributed by atoms with Crippen molar-refractivity contribution in [2.75, 3.05) is 19.5 Å². The summed E-state index contributed by atoms with van der Waals surface area (Å²) in [5.41, 5.74) is 7.79. The summed E-state index contributed by atoms with van der Waals surface area (Å²) in [6.07, 6.45) is 4.05. The maximum absolute atomic E-state index is 15.9. The van der Waals surface area contributed by atoms with Crippen LogP contribution in [0.1, 0.15) is 41.8 Å². The second-order valence-electron chi connectivity index (χ2n) is 9.61. The van der Waals surface area contributed by atoms with Crippen LogP contribution >= 0.6 is 0 Å². The van der Waals surface area contributed by atoms with Gasteiger partial charge >= 0.3 is 0 Å². The lowest BCUT2D eigenvalue weighted by Crippen LogP contribution is -2.37. The van der Waals surface area contributed by atoms with E-state index >= 15 is 4.39 Å². The number of fused-ring (bicyclic) bond motifs is 1. The smallest absolute Gasteiger partial charge is 0.257 e. The Balaban J connectivity index is 1.76. The summed E-state index contributed by atoms with van der Waals surface area (Å²) < 4.78 is 28.4. The molecule has 196 valence electrons. The number of pyridine rings is 1. The summed E-state index contributed by atoms with van der Waals surface area (Å²) in [5, 5.41) is 2.90. The molecule has 0 aliphatic carbocycles. The minimum atomic E-state index is -0.805. The van der Waals surface area contributed by atoms with Crippen molar-refractivity contribution in [3.8, 4) is 22.8 Å². The number of hydrogen-bond acceptors (Lipinski definition) is 6. The first-order chi connectivity index (χ1) is 17.6. The van der Waals surface area contributed by atoms with Crippen LogP contribution in [-0.4, -0.2) is 46.5 Å². The molecule has 0 radical (unpaired) electrons. The van der Waals surface area contributed by atoms with E-state index < -0.39 is 17.8 Å². The minimum absolute atomic E-state index is 0.0393. The topological polar surface area (TPSA) is 112 Å². The number of nitrogens with two attached hydrogens (primary N) is 1. The Hall–Kier alpha value is -4.08. The Kier molecular flexibility index (Phi) is 7.37. The lowest BCUT2D eigenvalue weighted by Gasteiger charge is -2.20. The quantitative estimate of drug-likeness (QED) is 0.431. The molecule has 1 aliphatic heterocycles. The number of anilines is 1. The van der Waals surface area contributed by atoms with E-state index in [1.165, 1.54) is 0 Å². The van der Waals surface area contributed by atoms with Gasteiger partial charge in [-0.2, -0.15) is 0 Å². The van der Waals surface area contributed by atoms with Gasteiger partial charge in [0.2, 0.25) is 5.91 Å². The number of aromatic nitrogens is 2. The molecule has 10 heteroatoms. The van der Waals surface area contributed by atoms with Gasteiger partial charge in [0.1, 0.15) is 17.5 Å². The highest BCUT2D eigenvalue weighted by atomic mass is 19.1. The third kappa shape index (κ3) is 5.23. The molecule has 0 saturated carbocycles. The first-order valence-corrected chi connectivity index (χ1v) is 12.0. The molecule has 3 aromatic rings. The molecule has 0 bridgehead atoms. The molecule has 0 unspecified atom stereocenters. The average Bonchev–Trinajstić information content (AvgIpc) is 3.43. The molecule has 0 saturated heterocycles. The first-order valence-electron chi connectivity index (χ1n) is 12.0. The van der Waals surface area contributed by atoms with Gasteiger partial charge < -0.3 is 30.0 Å². The maximum Gasteiger partial charge on any atom is 0.257 e. The largest absolute Gasteiger partial charge is 0.497 e. The lowest BCUT2D eigenvalue weighted by atomic mass is 10.0. The number of ether oxygens (including phenoxy) is 2. The fraction of sp³-hybridized carbons (Fsp3) is 0.370. The van der Waals surface area contributed by atoms with Gasteiger partial charge in [-0.15, -0.1) is 0 Å². The van der Waals surface area contributed by atoms with Crippen LogP contribution in [0.15, 0.2) is 36.7 Å². The number of rotatable bonds is 10. The predicted octanol–water partition coefficient (Wildman–Crippen LogP) is 3.71. The molecule has 0 spiro atoms. The van der Waals surface area contributed by atoms with Crippen LogP contribution in [0.2, 0.25) is 0 Å². The highest BCUT2D eigenvalue weighted by Gasteiger charge is 2.36. The first kappa shape index (κ1) is 26.0. The van der Waals surface area contributed by atoms with Crippen LogP contribution in [0.3, 0.4) is 0 Å². The molecule has 1 aromatic carbocycles. The van der Waals surface area contributed by atoms with Gasteiger partial charge in [-0.1, -0.05) is 13.8 Å². The van der Waals surface area contributed by atoms with E-state index in [1.54, 1.807) is 31.3 Å². The minimum Gasteiger partial charge on any atom is -0.497 e. The highest BCUT2D eigenvalue weighted by Crippen LogP contribution is 2.38. The summed E-state index contributed by atoms with van der Waals surface area (Å²) in [5.74, 6) is -0.363. The predicted molar refractivity (Wildman–Crippen MR) is 138 cm³/mol. The average molecular weight is 510 g/mol. The van der Waals surface area contributed by atoms with Crippen molar-refractivity contribution < 1.29 is 23.5 Å². The number of amides is 2. The molecule has 2 aromatic heterocycles. The fourth-order valence-electron chi connectivity index (χ4n) is 4.56. The van der Waals surface area contributed by atoms with Crippen LogP contribution in [-0.2, 0) is 24.9 Å². The summed E-state index contributed by atoms with van der Waals surface area (Å²) in [6, 6.07) is 6.34. The zero-order chi connectivity index (χ0) is 26.9. The molecule has 37 heavy (non-hydrogen) atoms. The van der Waals surface area contributed by atoms with E-state index in [4.69, 9.17) is 15.2 Å². The number of carbonyl (C=O) groups is 2. The van der Waals surface area contributed by atoms with Crippen molar-refractivity contribution in [2.24, 2.45) is 18.7 Å². The zero-order valence-electron chi connectivity index (χ0n) is 21.7. The summed E-state index contributed by atoms with van der Waals surface area (Å²) in [6.45, 7) is 4.14. The summed E-state index contributed by atoms with van der Waals surface area (Å²) in [4.78, 5) is 31.8. The van der Waals surface area contributed by atoms with Gasteiger partial charge in [0.25, 0.3) is 5.91 Å². The number of nitrogens with zero attached hydrogens (tertiary/aromatic N) is 3. The Morgan fingerprint density at radius 3 is 2.59 bits per heavy atom. The second kappa shape index (κ2) is 10.5. The van der Waals surface area contributed by atoms with Crippen molar-refractivity contribution in [2.45, 2.75) is 39.4 Å². The number of halogens is 1. The van der Waals surface area contributed by atoms with Crippen molar-refractivity contribution in [3.05, 3.63) is 59.2 Å². The number of carbonyl (C=O) groups excluding carboxylic acids is 2. The molecule has 9 nitrogen and oxygen atoms in total. The Labute approximate surface area is 215 Å². The van der Waals surface area contributed by atoms with Crippen molar-refractivity contribution in [1.82, 2.24) is 14.5 Å². The number of methoxy groups -OCH3 is 2. The Bertz CT molecular complexity index is 1340. The van der Waals surface area contributed by atoms with Gasteiger partial charge in [-0.05, 0) is 30.5 Å². The molecule has 0 fully saturated rings. The molecule has 2 amide bonds. The Morgan fingerprint density at radius 2 is 2.00 bits per heavy atom. The van der Waals surface area contributed by atoms with Crippen molar-refractivity contribution in [3.63, 3.8) is 0 Å². The van der Waals surface area contributed by atoms with Gasteiger partial charge in [-0.3, -0.25) is 9.59 Å². The highest BCUT2D eigenvalue weighted by molar-refractivity contribution is 6.04. The van der Waals surface area contributed by atoms with E-state index in [9.17, 15) is 9.59 Å². The number of benzene rings is 1. The number of aryl methyl sites for hydroxylation is 1. The molecule has 1 atom stereocenters. The van der Waals surface area contributed by atoms with Crippen molar-refractivity contribution in [1.29, 1.82) is 0 Å². The fourth-order valence-corrected chi connectivity index (χ4v) is 4.56. The molecule has 3 N–H and O–H groups in total. The van der Waals surface area contributed by atoms with E-state index in [0.29, 0.717) is 29.2 Å². The summed E-state index contributed by atoms with van der Waals surface area (Å²) in [7, 11) is 4.95. The van der Waals surface area contributed by atoms with Crippen LogP contribution in [0, 0.1) is 11.7 Å². The van der Waals surface area contributed by atoms with Crippen LogP contribution in [0.5, 0.6) is 11.5 Å². The third-order valence-corrected chi connectivity index (χ3v) is 6.41.